The highest BCUT2D eigenvalue weighted by Gasteiger charge is 2.06. The van der Waals surface area contributed by atoms with Crippen LogP contribution < -0.4 is 5.32 Å². The van der Waals surface area contributed by atoms with Gasteiger partial charge in [-0.15, -0.1) is 0 Å². The summed E-state index contributed by atoms with van der Waals surface area (Å²) in [5.74, 6) is 0.917. The van der Waals surface area contributed by atoms with Crippen molar-refractivity contribution in [2.24, 2.45) is 0 Å². The fourth-order valence-electron chi connectivity index (χ4n) is 2.21. The van der Waals surface area contributed by atoms with Crippen molar-refractivity contribution >= 4 is 5.95 Å². The number of imidazole rings is 1. The molecule has 2 rings (SSSR count). The first kappa shape index (κ1) is 15.5. The molecule has 0 unspecified atom stereocenters. The van der Waals surface area contributed by atoms with Gasteiger partial charge in [-0.2, -0.15) is 0 Å². The van der Waals surface area contributed by atoms with E-state index in [1.807, 2.05) is 32.3 Å². The van der Waals surface area contributed by atoms with Crippen LogP contribution in [0, 0.1) is 13.8 Å². The van der Waals surface area contributed by atoms with E-state index < -0.39 is 0 Å². The Labute approximate surface area is 126 Å². The van der Waals surface area contributed by atoms with Crippen LogP contribution in [-0.4, -0.2) is 27.7 Å². The van der Waals surface area contributed by atoms with Gasteiger partial charge in [0.25, 0.3) is 0 Å². The average Bonchev–Trinajstić information content (AvgIpc) is 2.83. The minimum atomic E-state index is 0.760. The Bertz CT molecular complexity index is 565. The number of hydrogen-bond acceptors (Lipinski definition) is 4. The minimum Gasteiger partial charge on any atom is -0.382 e. The number of nitrogens with zero attached hydrogens (tertiary/aromatic N) is 3. The van der Waals surface area contributed by atoms with E-state index in [0.29, 0.717) is 0 Å². The highest BCUT2D eigenvalue weighted by Crippen LogP contribution is 2.12. The van der Waals surface area contributed by atoms with Gasteiger partial charge in [-0.1, -0.05) is 0 Å². The average molecular weight is 288 g/mol. The smallest absolute Gasteiger partial charge is 0.203 e. The van der Waals surface area contributed by atoms with E-state index in [-0.39, 0.29) is 0 Å². The Balaban J connectivity index is 1.95. The van der Waals surface area contributed by atoms with Gasteiger partial charge in [0, 0.05) is 44.9 Å². The van der Waals surface area contributed by atoms with Crippen LogP contribution in [0.25, 0.3) is 0 Å². The van der Waals surface area contributed by atoms with Gasteiger partial charge >= 0.3 is 0 Å². The van der Waals surface area contributed by atoms with Gasteiger partial charge in [-0.3, -0.25) is 4.98 Å². The van der Waals surface area contributed by atoms with E-state index in [0.717, 1.165) is 44.4 Å². The SMILES string of the molecule is CCOCCCn1cc(C)nc1NCc1ccncc1C. The molecule has 0 spiro atoms. The van der Waals surface area contributed by atoms with Crippen molar-refractivity contribution in [1.82, 2.24) is 14.5 Å². The number of aromatic nitrogens is 3. The van der Waals surface area contributed by atoms with Gasteiger partial charge < -0.3 is 14.6 Å². The lowest BCUT2D eigenvalue weighted by molar-refractivity contribution is 0.142. The predicted molar refractivity (Wildman–Crippen MR) is 84.4 cm³/mol. The summed E-state index contributed by atoms with van der Waals surface area (Å²) in [6.45, 7) is 9.35. The summed E-state index contributed by atoms with van der Waals surface area (Å²) in [5, 5.41) is 3.42. The molecule has 21 heavy (non-hydrogen) atoms. The lowest BCUT2D eigenvalue weighted by Gasteiger charge is -2.11. The number of ether oxygens (including phenoxy) is 1. The molecule has 0 bridgehead atoms. The fourth-order valence-corrected chi connectivity index (χ4v) is 2.21. The molecule has 2 aromatic heterocycles. The van der Waals surface area contributed by atoms with Crippen molar-refractivity contribution in [3.63, 3.8) is 0 Å². The second kappa shape index (κ2) is 7.78. The Morgan fingerprint density at radius 3 is 2.95 bits per heavy atom. The van der Waals surface area contributed by atoms with E-state index in [1.54, 1.807) is 0 Å². The maximum atomic E-state index is 5.39. The van der Waals surface area contributed by atoms with Crippen LogP contribution in [0.5, 0.6) is 0 Å². The molecule has 0 aliphatic heterocycles. The van der Waals surface area contributed by atoms with Gasteiger partial charge in [0.05, 0.1) is 5.69 Å². The van der Waals surface area contributed by atoms with Gasteiger partial charge in [0.2, 0.25) is 5.95 Å². The summed E-state index contributed by atoms with van der Waals surface area (Å²) < 4.78 is 7.54. The first-order chi connectivity index (χ1) is 10.2. The van der Waals surface area contributed by atoms with Crippen molar-refractivity contribution in [1.29, 1.82) is 0 Å². The van der Waals surface area contributed by atoms with E-state index in [2.05, 4.69) is 33.0 Å². The number of anilines is 1. The van der Waals surface area contributed by atoms with Crippen molar-refractivity contribution in [3.05, 3.63) is 41.5 Å². The van der Waals surface area contributed by atoms with Crippen molar-refractivity contribution in [3.8, 4) is 0 Å². The van der Waals surface area contributed by atoms with Crippen LogP contribution in [0.1, 0.15) is 30.2 Å². The zero-order chi connectivity index (χ0) is 15.1. The molecular formula is C16H24N4O. The van der Waals surface area contributed by atoms with Crippen molar-refractivity contribution in [2.75, 3.05) is 18.5 Å². The molecule has 114 valence electrons. The summed E-state index contributed by atoms with van der Waals surface area (Å²) in [6, 6.07) is 2.04. The number of rotatable bonds is 8. The van der Waals surface area contributed by atoms with E-state index in [9.17, 15) is 0 Å². The Kier molecular flexibility index (Phi) is 5.75. The third-order valence-corrected chi connectivity index (χ3v) is 3.36. The molecule has 5 nitrogen and oxygen atoms in total. The molecular weight excluding hydrogens is 264 g/mol. The molecule has 0 aromatic carbocycles. The number of hydrogen-bond donors (Lipinski definition) is 1. The van der Waals surface area contributed by atoms with E-state index in [4.69, 9.17) is 4.74 Å². The normalized spacial score (nSPS) is 10.8. The molecule has 0 atom stereocenters. The highest BCUT2D eigenvalue weighted by molar-refractivity contribution is 5.32. The third-order valence-electron chi connectivity index (χ3n) is 3.36. The zero-order valence-corrected chi connectivity index (χ0v) is 13.1. The van der Waals surface area contributed by atoms with Crippen LogP contribution >= 0.6 is 0 Å². The topological polar surface area (TPSA) is 52.0 Å². The summed E-state index contributed by atoms with van der Waals surface area (Å²) in [7, 11) is 0. The van der Waals surface area contributed by atoms with Gasteiger partial charge in [-0.05, 0) is 44.4 Å². The molecule has 0 saturated carbocycles. The van der Waals surface area contributed by atoms with Gasteiger partial charge in [-0.25, -0.2) is 4.98 Å². The maximum Gasteiger partial charge on any atom is 0.203 e. The van der Waals surface area contributed by atoms with Crippen molar-refractivity contribution < 1.29 is 4.74 Å². The predicted octanol–water partition coefficient (Wildman–Crippen LogP) is 2.93. The van der Waals surface area contributed by atoms with Crippen LogP contribution in [0.4, 0.5) is 5.95 Å². The van der Waals surface area contributed by atoms with Gasteiger partial charge in [0.15, 0.2) is 0 Å². The molecule has 2 heterocycles. The quantitative estimate of drug-likeness (QED) is 0.759. The minimum absolute atomic E-state index is 0.760. The molecule has 0 fully saturated rings. The van der Waals surface area contributed by atoms with E-state index in [1.165, 1.54) is 11.1 Å². The van der Waals surface area contributed by atoms with Crippen LogP contribution in [0.3, 0.4) is 0 Å². The summed E-state index contributed by atoms with van der Waals surface area (Å²) in [4.78, 5) is 8.67. The summed E-state index contributed by atoms with van der Waals surface area (Å²) in [6.07, 6.45) is 6.78. The first-order valence-corrected chi connectivity index (χ1v) is 7.45. The molecule has 0 aliphatic rings. The molecule has 0 radical (unpaired) electrons. The summed E-state index contributed by atoms with van der Waals surface area (Å²) in [5.41, 5.74) is 3.46. The zero-order valence-electron chi connectivity index (χ0n) is 13.1. The second-order valence-electron chi connectivity index (χ2n) is 5.11. The Morgan fingerprint density at radius 1 is 1.33 bits per heavy atom. The van der Waals surface area contributed by atoms with Crippen LogP contribution in [0.2, 0.25) is 0 Å². The molecule has 0 aliphatic carbocycles. The summed E-state index contributed by atoms with van der Waals surface area (Å²) >= 11 is 0. The van der Waals surface area contributed by atoms with Gasteiger partial charge in [0.1, 0.15) is 0 Å². The Morgan fingerprint density at radius 2 is 2.19 bits per heavy atom. The fraction of sp³-hybridized carbons (Fsp3) is 0.500. The van der Waals surface area contributed by atoms with Crippen LogP contribution in [-0.2, 0) is 17.8 Å². The lowest BCUT2D eigenvalue weighted by Crippen LogP contribution is -2.09. The second-order valence-corrected chi connectivity index (χ2v) is 5.11. The largest absolute Gasteiger partial charge is 0.382 e. The molecule has 1 N–H and O–H groups in total. The molecule has 0 amide bonds. The highest BCUT2D eigenvalue weighted by atomic mass is 16.5. The maximum absolute atomic E-state index is 5.39. The van der Waals surface area contributed by atoms with E-state index >= 15 is 0 Å². The molecule has 0 saturated heterocycles. The molecule has 2 aromatic rings. The lowest BCUT2D eigenvalue weighted by atomic mass is 10.1. The first-order valence-electron chi connectivity index (χ1n) is 7.45. The van der Waals surface area contributed by atoms with Crippen LogP contribution in [0.15, 0.2) is 24.7 Å². The third kappa shape index (κ3) is 4.56. The monoisotopic (exact) mass is 288 g/mol. The number of pyridine rings is 1. The number of aryl methyl sites for hydroxylation is 3. The standard InChI is InChI=1S/C16H24N4O/c1-4-21-9-5-8-20-12-14(3)19-16(20)18-11-15-6-7-17-10-13(15)2/h6-7,10,12H,4-5,8-9,11H2,1-3H3,(H,18,19). The Hall–Kier alpha value is -1.88. The number of nitrogens with one attached hydrogen (secondary N) is 1. The molecule has 5 heteroatoms. The van der Waals surface area contributed by atoms with Crippen molar-refractivity contribution in [2.45, 2.75) is 40.3 Å².